The fourth-order valence-electron chi connectivity index (χ4n) is 1.45. The summed E-state index contributed by atoms with van der Waals surface area (Å²) in [5, 5.41) is 22.8. The van der Waals surface area contributed by atoms with Crippen molar-refractivity contribution < 1.29 is 19.5 Å². The Labute approximate surface area is 104 Å². The molecule has 0 fully saturated rings. The molecule has 2 N–H and O–H groups in total. The average Bonchev–Trinajstić information content (AvgIpc) is 2.37. The van der Waals surface area contributed by atoms with Crippen molar-refractivity contribution in [3.63, 3.8) is 0 Å². The van der Waals surface area contributed by atoms with E-state index in [9.17, 15) is 10.1 Å². The van der Waals surface area contributed by atoms with Crippen LogP contribution < -0.4 is 14.8 Å². The first-order valence-electron chi connectivity index (χ1n) is 5.31. The Morgan fingerprint density at radius 3 is 2.39 bits per heavy atom. The molecule has 0 aliphatic rings. The lowest BCUT2D eigenvalue weighted by Crippen LogP contribution is -2.20. The van der Waals surface area contributed by atoms with Crippen molar-refractivity contribution in [3.05, 3.63) is 22.2 Å². The number of rotatable bonds is 6. The normalized spacial score (nSPS) is 11.8. The maximum atomic E-state index is 11.0. The molecule has 1 rings (SSSR count). The van der Waals surface area contributed by atoms with Gasteiger partial charge < -0.3 is 19.9 Å². The van der Waals surface area contributed by atoms with Crippen LogP contribution in [-0.2, 0) is 0 Å². The molecule has 1 aromatic carbocycles. The number of nitro groups is 1. The van der Waals surface area contributed by atoms with E-state index in [-0.39, 0.29) is 29.8 Å². The van der Waals surface area contributed by atoms with E-state index >= 15 is 0 Å². The van der Waals surface area contributed by atoms with E-state index in [1.807, 2.05) is 0 Å². The van der Waals surface area contributed by atoms with E-state index in [4.69, 9.17) is 14.6 Å². The third-order valence-corrected chi connectivity index (χ3v) is 2.37. The van der Waals surface area contributed by atoms with E-state index in [0.717, 1.165) is 0 Å². The molecule has 0 saturated carbocycles. The Morgan fingerprint density at radius 2 is 1.94 bits per heavy atom. The van der Waals surface area contributed by atoms with Gasteiger partial charge in [0.15, 0.2) is 11.5 Å². The molecular weight excluding hydrogens is 240 g/mol. The van der Waals surface area contributed by atoms with Crippen molar-refractivity contribution in [3.8, 4) is 11.5 Å². The molecule has 1 atom stereocenters. The molecule has 0 aromatic heterocycles. The van der Waals surface area contributed by atoms with Crippen LogP contribution in [0.25, 0.3) is 0 Å². The molecule has 0 aliphatic carbocycles. The second-order valence-electron chi connectivity index (χ2n) is 3.71. The third kappa shape index (κ3) is 3.01. The number of aliphatic hydroxyl groups excluding tert-OH is 1. The molecule has 7 nitrogen and oxygen atoms in total. The summed E-state index contributed by atoms with van der Waals surface area (Å²) in [7, 11) is 2.86. The molecule has 100 valence electrons. The van der Waals surface area contributed by atoms with Gasteiger partial charge in [0.1, 0.15) is 5.69 Å². The zero-order valence-corrected chi connectivity index (χ0v) is 10.5. The Balaban J connectivity index is 3.24. The summed E-state index contributed by atoms with van der Waals surface area (Å²) in [6.07, 6.45) is 0. The quantitative estimate of drug-likeness (QED) is 0.590. The molecular formula is C11H16N2O5. The minimum Gasteiger partial charge on any atom is -0.493 e. The largest absolute Gasteiger partial charge is 0.493 e. The Kier molecular flexibility index (Phi) is 4.73. The minimum atomic E-state index is -0.519. The maximum Gasteiger partial charge on any atom is 0.296 e. The van der Waals surface area contributed by atoms with Crippen LogP contribution in [0.4, 0.5) is 11.4 Å². The van der Waals surface area contributed by atoms with Crippen LogP contribution in [0.2, 0.25) is 0 Å². The summed E-state index contributed by atoms with van der Waals surface area (Å²) in [5.74, 6) is 0.669. The van der Waals surface area contributed by atoms with Crippen molar-refractivity contribution in [2.75, 3.05) is 26.1 Å². The lowest BCUT2D eigenvalue weighted by atomic mass is 10.2. The second kappa shape index (κ2) is 6.06. The summed E-state index contributed by atoms with van der Waals surface area (Å²) in [6.45, 7) is 1.58. The third-order valence-electron chi connectivity index (χ3n) is 2.37. The van der Waals surface area contributed by atoms with Gasteiger partial charge in [-0.05, 0) is 6.92 Å². The van der Waals surface area contributed by atoms with Crippen molar-refractivity contribution in [1.82, 2.24) is 0 Å². The van der Waals surface area contributed by atoms with Crippen molar-refractivity contribution in [2.24, 2.45) is 0 Å². The van der Waals surface area contributed by atoms with E-state index in [1.54, 1.807) is 6.92 Å². The predicted octanol–water partition coefficient (Wildman–Crippen LogP) is 1.40. The molecule has 18 heavy (non-hydrogen) atoms. The number of anilines is 1. The minimum absolute atomic E-state index is 0.132. The first-order valence-corrected chi connectivity index (χ1v) is 5.31. The molecule has 0 spiro atoms. The zero-order valence-electron chi connectivity index (χ0n) is 10.5. The van der Waals surface area contributed by atoms with Gasteiger partial charge in [-0.15, -0.1) is 0 Å². The lowest BCUT2D eigenvalue weighted by molar-refractivity contribution is -0.384. The SMILES string of the molecule is COc1cc(NC(C)CO)c([N+](=O)[O-])cc1OC. The fourth-order valence-corrected chi connectivity index (χ4v) is 1.45. The van der Waals surface area contributed by atoms with E-state index in [0.29, 0.717) is 5.75 Å². The van der Waals surface area contributed by atoms with Crippen molar-refractivity contribution in [2.45, 2.75) is 13.0 Å². The van der Waals surface area contributed by atoms with Gasteiger partial charge in [-0.25, -0.2) is 0 Å². The van der Waals surface area contributed by atoms with Crippen molar-refractivity contribution >= 4 is 11.4 Å². The summed E-state index contributed by atoms with van der Waals surface area (Å²) in [6, 6.07) is 2.45. The highest BCUT2D eigenvalue weighted by Crippen LogP contribution is 2.37. The summed E-state index contributed by atoms with van der Waals surface area (Å²) < 4.78 is 10.1. The van der Waals surface area contributed by atoms with Gasteiger partial charge in [0.2, 0.25) is 0 Å². The van der Waals surface area contributed by atoms with Crippen LogP contribution in [0.3, 0.4) is 0 Å². The van der Waals surface area contributed by atoms with Gasteiger partial charge in [-0.1, -0.05) is 0 Å². The number of hydrogen-bond acceptors (Lipinski definition) is 6. The van der Waals surface area contributed by atoms with Gasteiger partial charge in [-0.2, -0.15) is 0 Å². The van der Waals surface area contributed by atoms with Crippen LogP contribution in [0.5, 0.6) is 11.5 Å². The highest BCUT2D eigenvalue weighted by Gasteiger charge is 2.20. The summed E-state index contributed by atoms with van der Waals surface area (Å²) in [5.41, 5.74) is 0.146. The van der Waals surface area contributed by atoms with Gasteiger partial charge in [0.25, 0.3) is 5.69 Å². The van der Waals surface area contributed by atoms with Gasteiger partial charge in [-0.3, -0.25) is 10.1 Å². The van der Waals surface area contributed by atoms with Gasteiger partial charge in [0.05, 0.1) is 31.8 Å². The van der Waals surface area contributed by atoms with Crippen LogP contribution >= 0.6 is 0 Å². The predicted molar refractivity (Wildman–Crippen MR) is 66.4 cm³/mol. The Morgan fingerprint density at radius 1 is 1.39 bits per heavy atom. The molecule has 0 heterocycles. The smallest absolute Gasteiger partial charge is 0.296 e. The number of aliphatic hydroxyl groups is 1. The van der Waals surface area contributed by atoms with Crippen LogP contribution in [0.15, 0.2) is 12.1 Å². The number of nitrogens with zero attached hydrogens (tertiary/aromatic N) is 1. The molecule has 0 saturated heterocycles. The number of nitro benzene ring substituents is 1. The summed E-state index contributed by atoms with van der Waals surface area (Å²) in [4.78, 5) is 10.4. The van der Waals surface area contributed by atoms with E-state index < -0.39 is 4.92 Å². The Hall–Kier alpha value is -2.02. The van der Waals surface area contributed by atoms with Crippen LogP contribution in [0, 0.1) is 10.1 Å². The molecule has 0 radical (unpaired) electrons. The topological polar surface area (TPSA) is 93.9 Å². The molecule has 0 aliphatic heterocycles. The summed E-state index contributed by atoms with van der Waals surface area (Å²) >= 11 is 0. The molecule has 1 aromatic rings. The monoisotopic (exact) mass is 256 g/mol. The zero-order chi connectivity index (χ0) is 13.7. The lowest BCUT2D eigenvalue weighted by Gasteiger charge is -2.15. The number of hydrogen-bond donors (Lipinski definition) is 2. The highest BCUT2D eigenvalue weighted by atomic mass is 16.6. The molecule has 1 unspecified atom stereocenters. The number of nitrogens with one attached hydrogen (secondary N) is 1. The Bertz CT molecular complexity index is 436. The van der Waals surface area contributed by atoms with Crippen LogP contribution in [0.1, 0.15) is 6.92 Å². The van der Waals surface area contributed by atoms with E-state index in [1.165, 1.54) is 26.4 Å². The second-order valence-corrected chi connectivity index (χ2v) is 3.71. The molecule has 7 heteroatoms. The van der Waals surface area contributed by atoms with E-state index in [2.05, 4.69) is 5.32 Å². The number of benzene rings is 1. The standard InChI is InChI=1S/C11H16N2O5/c1-7(6-14)12-8-4-10(17-2)11(18-3)5-9(8)13(15)16/h4-5,7,12,14H,6H2,1-3H3. The first-order chi connectivity index (χ1) is 8.53. The maximum absolute atomic E-state index is 11.0. The highest BCUT2D eigenvalue weighted by molar-refractivity contribution is 5.68. The number of methoxy groups -OCH3 is 2. The van der Waals surface area contributed by atoms with Gasteiger partial charge >= 0.3 is 0 Å². The first kappa shape index (κ1) is 14.0. The number of ether oxygens (including phenoxy) is 2. The van der Waals surface area contributed by atoms with Crippen molar-refractivity contribution in [1.29, 1.82) is 0 Å². The molecule has 0 bridgehead atoms. The van der Waals surface area contributed by atoms with Gasteiger partial charge in [0, 0.05) is 12.1 Å². The van der Waals surface area contributed by atoms with Crippen LogP contribution in [-0.4, -0.2) is 36.9 Å². The average molecular weight is 256 g/mol. The molecule has 0 amide bonds. The fraction of sp³-hybridized carbons (Fsp3) is 0.455.